The summed E-state index contributed by atoms with van der Waals surface area (Å²) < 4.78 is 0. The number of carbonyl (C=O) groups excluding carboxylic acids is 1. The van der Waals surface area contributed by atoms with Crippen LogP contribution in [0.1, 0.15) is 30.9 Å². The highest BCUT2D eigenvalue weighted by atomic mass is 16.6. The lowest BCUT2D eigenvalue weighted by Crippen LogP contribution is -2.23. The maximum atomic E-state index is 11.9. The van der Waals surface area contributed by atoms with Gasteiger partial charge in [0, 0.05) is 24.2 Å². The van der Waals surface area contributed by atoms with Gasteiger partial charge in [-0.15, -0.1) is 0 Å². The van der Waals surface area contributed by atoms with Gasteiger partial charge in [-0.2, -0.15) is 0 Å². The number of nitrogens with zero attached hydrogens (tertiary/aromatic N) is 2. The predicted molar refractivity (Wildman–Crippen MR) is 91.5 cm³/mol. The minimum Gasteiger partial charge on any atom is -0.391 e. The Morgan fingerprint density at radius 3 is 2.74 bits per heavy atom. The fourth-order valence-electron chi connectivity index (χ4n) is 2.65. The van der Waals surface area contributed by atoms with E-state index in [0.717, 1.165) is 35.5 Å². The van der Waals surface area contributed by atoms with Crippen LogP contribution in [0.15, 0.2) is 59.8 Å². The lowest BCUT2D eigenvalue weighted by molar-refractivity contribution is -0.117. The lowest BCUT2D eigenvalue weighted by Gasteiger charge is -2.16. The van der Waals surface area contributed by atoms with Crippen molar-refractivity contribution in [3.05, 3.63) is 65.7 Å². The topological polar surface area (TPSA) is 41.9 Å². The molecule has 23 heavy (non-hydrogen) atoms. The van der Waals surface area contributed by atoms with Crippen LogP contribution in [-0.4, -0.2) is 18.2 Å². The van der Waals surface area contributed by atoms with Gasteiger partial charge >= 0.3 is 0 Å². The summed E-state index contributed by atoms with van der Waals surface area (Å²) in [6.45, 7) is 3.15. The quantitative estimate of drug-likeness (QED) is 0.623. The molecule has 1 aliphatic heterocycles. The molecule has 1 heterocycles. The summed E-state index contributed by atoms with van der Waals surface area (Å²) >= 11 is 0. The van der Waals surface area contributed by atoms with Crippen molar-refractivity contribution in [2.45, 2.75) is 26.4 Å². The van der Waals surface area contributed by atoms with E-state index in [4.69, 9.17) is 4.84 Å². The molecule has 0 aliphatic carbocycles. The molecule has 0 unspecified atom stereocenters. The van der Waals surface area contributed by atoms with Crippen LogP contribution in [0.2, 0.25) is 0 Å². The number of rotatable bonds is 5. The van der Waals surface area contributed by atoms with Crippen molar-refractivity contribution >= 4 is 17.3 Å². The molecule has 3 rings (SSSR count). The molecule has 4 heteroatoms. The first-order valence-electron chi connectivity index (χ1n) is 7.85. The first-order valence-corrected chi connectivity index (χ1v) is 7.85. The molecule has 2 aromatic carbocycles. The van der Waals surface area contributed by atoms with Gasteiger partial charge in [0.1, 0.15) is 6.61 Å². The zero-order valence-corrected chi connectivity index (χ0v) is 13.2. The monoisotopic (exact) mass is 308 g/mol. The molecule has 4 nitrogen and oxygen atoms in total. The lowest BCUT2D eigenvalue weighted by atomic mass is 10.1. The van der Waals surface area contributed by atoms with E-state index < -0.39 is 0 Å². The van der Waals surface area contributed by atoms with Gasteiger partial charge in [0.2, 0.25) is 5.91 Å². The van der Waals surface area contributed by atoms with Gasteiger partial charge in [0.05, 0.1) is 5.71 Å². The summed E-state index contributed by atoms with van der Waals surface area (Å²) in [6, 6.07) is 17.8. The molecule has 1 amide bonds. The summed E-state index contributed by atoms with van der Waals surface area (Å²) in [5.74, 6) is 0.192. The van der Waals surface area contributed by atoms with Gasteiger partial charge in [-0.05, 0) is 31.0 Å². The highest BCUT2D eigenvalue weighted by molar-refractivity contribution is 6.01. The highest BCUT2D eigenvalue weighted by Crippen LogP contribution is 2.22. The maximum absolute atomic E-state index is 11.9. The number of hydrogen-bond acceptors (Lipinski definition) is 3. The minimum absolute atomic E-state index is 0.192. The third kappa shape index (κ3) is 3.77. The second-order valence-corrected chi connectivity index (χ2v) is 5.63. The van der Waals surface area contributed by atoms with Gasteiger partial charge in [0.25, 0.3) is 0 Å². The Kier molecular flexibility index (Phi) is 4.71. The van der Waals surface area contributed by atoms with Crippen LogP contribution in [0.3, 0.4) is 0 Å². The third-order valence-electron chi connectivity index (χ3n) is 3.92. The summed E-state index contributed by atoms with van der Waals surface area (Å²) in [4.78, 5) is 19.1. The van der Waals surface area contributed by atoms with E-state index >= 15 is 0 Å². The van der Waals surface area contributed by atoms with Crippen LogP contribution >= 0.6 is 0 Å². The smallest absolute Gasteiger partial charge is 0.227 e. The molecule has 0 bridgehead atoms. The summed E-state index contributed by atoms with van der Waals surface area (Å²) in [5, 5.41) is 4.19. The average Bonchev–Trinajstić information content (AvgIpc) is 3.02. The van der Waals surface area contributed by atoms with E-state index in [9.17, 15) is 4.79 Å². The van der Waals surface area contributed by atoms with Crippen molar-refractivity contribution < 1.29 is 9.63 Å². The molecule has 0 saturated carbocycles. The fourth-order valence-corrected chi connectivity index (χ4v) is 2.65. The number of benzene rings is 2. The molecule has 1 fully saturated rings. The molecule has 0 aromatic heterocycles. The van der Waals surface area contributed by atoms with E-state index in [1.807, 2.05) is 66.4 Å². The SMILES string of the molecule is C/C(=N\OCc1ccccc1)c1cccc(N2CCCC2=O)c1. The number of oxime groups is 1. The van der Waals surface area contributed by atoms with Crippen LogP contribution in [0, 0.1) is 0 Å². The molecule has 0 radical (unpaired) electrons. The fraction of sp³-hybridized carbons (Fsp3) is 0.263. The summed E-state index contributed by atoms with van der Waals surface area (Å²) in [7, 11) is 0. The Morgan fingerprint density at radius 1 is 1.17 bits per heavy atom. The predicted octanol–water partition coefficient (Wildman–Crippen LogP) is 3.75. The Morgan fingerprint density at radius 2 is 2.00 bits per heavy atom. The van der Waals surface area contributed by atoms with Gasteiger partial charge in [-0.1, -0.05) is 47.6 Å². The van der Waals surface area contributed by atoms with Crippen molar-refractivity contribution in [1.29, 1.82) is 0 Å². The van der Waals surface area contributed by atoms with Gasteiger partial charge in [-0.3, -0.25) is 4.79 Å². The van der Waals surface area contributed by atoms with Crippen molar-refractivity contribution in [2.24, 2.45) is 5.16 Å². The Hall–Kier alpha value is -2.62. The maximum Gasteiger partial charge on any atom is 0.227 e. The van der Waals surface area contributed by atoms with E-state index in [1.54, 1.807) is 0 Å². The zero-order valence-electron chi connectivity index (χ0n) is 13.2. The second kappa shape index (κ2) is 7.09. The van der Waals surface area contributed by atoms with Crippen molar-refractivity contribution in [1.82, 2.24) is 0 Å². The standard InChI is InChI=1S/C19H20N2O2/c1-15(20-23-14-16-7-3-2-4-8-16)17-9-5-10-18(13-17)21-12-6-11-19(21)22/h2-5,7-10,13H,6,11-12,14H2,1H3/b20-15+. The molecule has 1 aliphatic rings. The molecule has 0 N–H and O–H groups in total. The van der Waals surface area contributed by atoms with Crippen LogP contribution in [0.4, 0.5) is 5.69 Å². The zero-order chi connectivity index (χ0) is 16.1. The molecule has 0 atom stereocenters. The third-order valence-corrected chi connectivity index (χ3v) is 3.92. The van der Waals surface area contributed by atoms with Crippen LogP contribution in [0.5, 0.6) is 0 Å². The van der Waals surface area contributed by atoms with Crippen LogP contribution in [0.25, 0.3) is 0 Å². The number of anilines is 1. The summed E-state index contributed by atoms with van der Waals surface area (Å²) in [6.07, 6.45) is 1.56. The largest absolute Gasteiger partial charge is 0.391 e. The first kappa shape index (κ1) is 15.3. The normalized spacial score (nSPS) is 15.1. The Labute approximate surface area is 136 Å². The van der Waals surface area contributed by atoms with Crippen LogP contribution < -0.4 is 4.90 Å². The number of amides is 1. The van der Waals surface area contributed by atoms with Gasteiger partial charge < -0.3 is 9.74 Å². The van der Waals surface area contributed by atoms with Gasteiger partial charge in [-0.25, -0.2) is 0 Å². The average molecular weight is 308 g/mol. The highest BCUT2D eigenvalue weighted by Gasteiger charge is 2.21. The van der Waals surface area contributed by atoms with Crippen molar-refractivity contribution in [3.63, 3.8) is 0 Å². The molecular weight excluding hydrogens is 288 g/mol. The Balaban J connectivity index is 1.68. The first-order chi connectivity index (χ1) is 11.2. The number of carbonyl (C=O) groups is 1. The van der Waals surface area contributed by atoms with E-state index in [-0.39, 0.29) is 5.91 Å². The van der Waals surface area contributed by atoms with Gasteiger partial charge in [0.15, 0.2) is 0 Å². The summed E-state index contributed by atoms with van der Waals surface area (Å²) in [5.41, 5.74) is 3.78. The second-order valence-electron chi connectivity index (χ2n) is 5.63. The number of hydrogen-bond donors (Lipinski definition) is 0. The van der Waals surface area contributed by atoms with Crippen molar-refractivity contribution in [3.8, 4) is 0 Å². The molecule has 0 spiro atoms. The van der Waals surface area contributed by atoms with Crippen molar-refractivity contribution in [2.75, 3.05) is 11.4 Å². The van der Waals surface area contributed by atoms with E-state index in [2.05, 4.69) is 5.16 Å². The minimum atomic E-state index is 0.192. The van der Waals surface area contributed by atoms with Crippen LogP contribution in [-0.2, 0) is 16.2 Å². The van der Waals surface area contributed by atoms with E-state index in [0.29, 0.717) is 13.0 Å². The van der Waals surface area contributed by atoms with E-state index in [1.165, 1.54) is 0 Å². The molecule has 118 valence electrons. The Bertz CT molecular complexity index is 710. The molecular formula is C19H20N2O2. The molecule has 2 aromatic rings. The molecule has 1 saturated heterocycles.